The third-order valence-corrected chi connectivity index (χ3v) is 8.85. The van der Waals surface area contributed by atoms with Crippen molar-refractivity contribution in [1.29, 1.82) is 0 Å². The summed E-state index contributed by atoms with van der Waals surface area (Å²) in [7, 11) is 0. The number of Topliss-reactive ketones (excluding diaryl/α,β-unsaturated/α-hetero) is 1. The van der Waals surface area contributed by atoms with Gasteiger partial charge < -0.3 is 14.9 Å². The lowest BCUT2D eigenvalue weighted by Gasteiger charge is -2.62. The Kier molecular flexibility index (Phi) is 4.77. The Balaban J connectivity index is 1.65. The monoisotopic (exact) mass is 364 g/mol. The van der Waals surface area contributed by atoms with E-state index in [1.165, 1.54) is 0 Å². The molecule has 9 unspecified atom stereocenters. The normalized spacial score (nSPS) is 53.7. The summed E-state index contributed by atoms with van der Waals surface area (Å²) in [5.74, 6) is 1.80. The largest absolute Gasteiger partial charge is 0.393 e. The molecule has 0 spiro atoms. The van der Waals surface area contributed by atoms with Crippen LogP contribution < -0.4 is 0 Å². The lowest BCUT2D eigenvalue weighted by molar-refractivity contribution is -0.212. The number of ether oxygens (including phenoxy) is 1. The van der Waals surface area contributed by atoms with Crippen LogP contribution in [0.5, 0.6) is 0 Å². The number of aliphatic hydroxyl groups excluding tert-OH is 2. The minimum atomic E-state index is -0.404. The molecule has 4 aliphatic carbocycles. The van der Waals surface area contributed by atoms with E-state index in [9.17, 15) is 15.0 Å². The number of aliphatic hydroxyl groups is 2. The molecule has 0 aromatic heterocycles. The van der Waals surface area contributed by atoms with Crippen molar-refractivity contribution in [3.8, 4) is 0 Å². The van der Waals surface area contributed by atoms with Gasteiger partial charge in [0.15, 0.2) is 0 Å². The molecule has 0 radical (unpaired) electrons. The third-order valence-electron chi connectivity index (χ3n) is 8.85. The molecule has 0 aromatic carbocycles. The summed E-state index contributed by atoms with van der Waals surface area (Å²) in [4.78, 5) is 12.6. The first-order valence-electron chi connectivity index (χ1n) is 10.8. The van der Waals surface area contributed by atoms with Crippen molar-refractivity contribution >= 4 is 5.78 Å². The highest BCUT2D eigenvalue weighted by Crippen LogP contribution is 2.65. The molecule has 2 N–H and O–H groups in total. The molecule has 4 rings (SSSR count). The predicted molar refractivity (Wildman–Crippen MR) is 99.5 cm³/mol. The Morgan fingerprint density at radius 1 is 1.08 bits per heavy atom. The fraction of sp³-hybridized carbons (Fsp3) is 0.955. The molecule has 4 fully saturated rings. The van der Waals surface area contributed by atoms with E-state index in [-0.39, 0.29) is 29.0 Å². The van der Waals surface area contributed by atoms with Gasteiger partial charge in [0.2, 0.25) is 0 Å². The van der Waals surface area contributed by atoms with E-state index in [1.807, 2.05) is 0 Å². The fourth-order valence-electron chi connectivity index (χ4n) is 7.67. The van der Waals surface area contributed by atoms with Gasteiger partial charge in [-0.05, 0) is 74.0 Å². The first-order valence-corrected chi connectivity index (χ1v) is 10.8. The first-order chi connectivity index (χ1) is 12.3. The van der Waals surface area contributed by atoms with Crippen LogP contribution in [0.2, 0.25) is 0 Å². The molecule has 0 amide bonds. The summed E-state index contributed by atoms with van der Waals surface area (Å²) in [5.41, 5.74) is -0.303. The molecule has 26 heavy (non-hydrogen) atoms. The molecular formula is C22H36O4. The van der Waals surface area contributed by atoms with E-state index < -0.39 is 6.10 Å². The van der Waals surface area contributed by atoms with Crippen LogP contribution in [0, 0.1) is 34.5 Å². The van der Waals surface area contributed by atoms with Gasteiger partial charge in [-0.1, -0.05) is 20.8 Å². The minimum Gasteiger partial charge on any atom is -0.393 e. The quantitative estimate of drug-likeness (QED) is 0.806. The standard InChI is InChI=1S/C22H36O4/c1-4-11-26-20-15-6-5-13-14-7-8-18(25)22(14,3)12-17(24)19(13)21(15,2)10-9-16(20)23/h13-17,19-20,23-24H,4-12H2,1-3H3. The summed E-state index contributed by atoms with van der Waals surface area (Å²) < 4.78 is 6.13. The number of fused-ring (bicyclic) bond motifs is 5. The Bertz CT molecular complexity index is 562. The Labute approximate surface area is 157 Å². The SMILES string of the molecule is CCCOC1C(O)CCC2(C)C1CCC1C3CCC(=O)C3(C)CC(O)C12. The maximum atomic E-state index is 12.6. The van der Waals surface area contributed by atoms with Crippen LogP contribution in [0.1, 0.15) is 72.1 Å². The Morgan fingerprint density at radius 3 is 2.58 bits per heavy atom. The van der Waals surface area contributed by atoms with Gasteiger partial charge in [0.1, 0.15) is 5.78 Å². The van der Waals surface area contributed by atoms with Gasteiger partial charge in [0, 0.05) is 18.4 Å². The highest BCUT2D eigenvalue weighted by atomic mass is 16.5. The highest BCUT2D eigenvalue weighted by Gasteiger charge is 2.64. The number of ketones is 1. The van der Waals surface area contributed by atoms with Gasteiger partial charge in [-0.3, -0.25) is 4.79 Å². The van der Waals surface area contributed by atoms with Crippen molar-refractivity contribution < 1.29 is 19.7 Å². The predicted octanol–water partition coefficient (Wildman–Crippen LogP) is 3.34. The van der Waals surface area contributed by atoms with Crippen molar-refractivity contribution in [3.05, 3.63) is 0 Å². The third kappa shape index (κ3) is 2.55. The zero-order chi connectivity index (χ0) is 18.7. The summed E-state index contributed by atoms with van der Waals surface area (Å²) in [6, 6.07) is 0. The van der Waals surface area contributed by atoms with Crippen LogP contribution in [-0.2, 0) is 9.53 Å². The van der Waals surface area contributed by atoms with Crippen LogP contribution in [0.3, 0.4) is 0 Å². The van der Waals surface area contributed by atoms with Crippen molar-refractivity contribution in [2.24, 2.45) is 34.5 Å². The molecule has 9 atom stereocenters. The first kappa shape index (κ1) is 18.9. The number of carbonyl (C=O) groups excluding carboxylic acids is 1. The van der Waals surface area contributed by atoms with E-state index in [0.717, 1.165) is 38.5 Å². The lowest BCUT2D eigenvalue weighted by Crippen LogP contribution is -2.62. The zero-order valence-electron chi connectivity index (χ0n) is 16.6. The zero-order valence-corrected chi connectivity index (χ0v) is 16.6. The molecular weight excluding hydrogens is 328 g/mol. The van der Waals surface area contributed by atoms with Gasteiger partial charge in [-0.2, -0.15) is 0 Å². The Morgan fingerprint density at radius 2 is 1.85 bits per heavy atom. The van der Waals surface area contributed by atoms with Crippen LogP contribution in [0.25, 0.3) is 0 Å². The van der Waals surface area contributed by atoms with E-state index >= 15 is 0 Å². The van der Waals surface area contributed by atoms with Gasteiger partial charge in [0.05, 0.1) is 18.3 Å². The van der Waals surface area contributed by atoms with E-state index in [4.69, 9.17) is 4.74 Å². The molecule has 0 aromatic rings. The average molecular weight is 365 g/mol. The maximum Gasteiger partial charge on any atom is 0.139 e. The molecule has 0 heterocycles. The van der Waals surface area contributed by atoms with Crippen molar-refractivity contribution in [2.45, 2.75) is 90.4 Å². The molecule has 4 saturated carbocycles. The number of hydrogen-bond donors (Lipinski definition) is 2. The molecule has 148 valence electrons. The molecule has 0 bridgehead atoms. The number of rotatable bonds is 3. The molecule has 0 aliphatic heterocycles. The highest BCUT2D eigenvalue weighted by molar-refractivity contribution is 5.87. The molecule has 4 aliphatic rings. The van der Waals surface area contributed by atoms with Crippen LogP contribution in [0.4, 0.5) is 0 Å². The van der Waals surface area contributed by atoms with E-state index in [2.05, 4.69) is 20.8 Å². The topological polar surface area (TPSA) is 66.8 Å². The van der Waals surface area contributed by atoms with Gasteiger partial charge >= 0.3 is 0 Å². The van der Waals surface area contributed by atoms with Crippen LogP contribution >= 0.6 is 0 Å². The average Bonchev–Trinajstić information content (AvgIpc) is 2.89. The molecule has 4 nitrogen and oxygen atoms in total. The van der Waals surface area contributed by atoms with Gasteiger partial charge in [-0.25, -0.2) is 0 Å². The number of hydrogen-bond acceptors (Lipinski definition) is 4. The maximum absolute atomic E-state index is 12.6. The summed E-state index contributed by atoms with van der Waals surface area (Å²) in [5, 5.41) is 21.8. The van der Waals surface area contributed by atoms with E-state index in [1.54, 1.807) is 0 Å². The Hall–Kier alpha value is -0.450. The molecule has 0 saturated heterocycles. The summed E-state index contributed by atoms with van der Waals surface area (Å²) in [6.07, 6.45) is 6.24. The minimum absolute atomic E-state index is 0.00688. The summed E-state index contributed by atoms with van der Waals surface area (Å²) in [6.45, 7) is 7.25. The van der Waals surface area contributed by atoms with Crippen molar-refractivity contribution in [1.82, 2.24) is 0 Å². The van der Waals surface area contributed by atoms with Crippen LogP contribution in [0.15, 0.2) is 0 Å². The second kappa shape index (κ2) is 6.56. The van der Waals surface area contributed by atoms with Gasteiger partial charge in [0.25, 0.3) is 0 Å². The second-order valence-corrected chi connectivity index (χ2v) is 10.1. The van der Waals surface area contributed by atoms with Crippen molar-refractivity contribution in [2.75, 3.05) is 6.61 Å². The second-order valence-electron chi connectivity index (χ2n) is 10.1. The fourth-order valence-corrected chi connectivity index (χ4v) is 7.67. The van der Waals surface area contributed by atoms with Crippen molar-refractivity contribution in [3.63, 3.8) is 0 Å². The lowest BCUT2D eigenvalue weighted by atomic mass is 9.44. The van der Waals surface area contributed by atoms with Crippen LogP contribution in [-0.4, -0.2) is 40.9 Å². The van der Waals surface area contributed by atoms with E-state index in [0.29, 0.717) is 43.0 Å². The smallest absolute Gasteiger partial charge is 0.139 e. The number of carbonyl (C=O) groups is 1. The molecule has 4 heteroatoms. The summed E-state index contributed by atoms with van der Waals surface area (Å²) >= 11 is 0. The van der Waals surface area contributed by atoms with Gasteiger partial charge in [-0.15, -0.1) is 0 Å².